The standard InChI is InChI=1S/C6H12O2.C5H10O3/c1-5(7)4-6(2,3)8;1-5(2,8)3-4(6)7/h8H,4H2,1-3H3;8H,3H2,1-2H3,(H,6,7). The molecule has 0 saturated heterocycles. The van der Waals surface area contributed by atoms with Crippen LogP contribution in [-0.4, -0.2) is 38.3 Å². The summed E-state index contributed by atoms with van der Waals surface area (Å²) in [6.45, 7) is 7.63. The molecule has 0 saturated carbocycles. The SMILES string of the molecule is CC(=O)CC(C)(C)O.CC(C)(O)CC(=O)O. The second-order valence-electron chi connectivity index (χ2n) is 5.07. The average Bonchev–Trinajstić information content (AvgIpc) is 1.72. The van der Waals surface area contributed by atoms with Gasteiger partial charge in [-0.3, -0.25) is 9.59 Å². The molecule has 0 aromatic heterocycles. The normalized spacial score (nSPS) is 11.4. The highest BCUT2D eigenvalue weighted by Gasteiger charge is 2.16. The monoisotopic (exact) mass is 234 g/mol. The lowest BCUT2D eigenvalue weighted by molar-refractivity contribution is -0.141. The predicted octanol–water partition coefficient (Wildman–Crippen LogP) is 0.968. The Bertz CT molecular complexity index is 206. The number of carbonyl (C=O) groups is 2. The first-order chi connectivity index (χ1) is 6.83. The zero-order valence-electron chi connectivity index (χ0n) is 10.6. The molecule has 5 heteroatoms. The summed E-state index contributed by atoms with van der Waals surface area (Å²) in [5.74, 6) is -0.949. The highest BCUT2D eigenvalue weighted by Crippen LogP contribution is 2.06. The van der Waals surface area contributed by atoms with Crippen molar-refractivity contribution in [3.8, 4) is 0 Å². The van der Waals surface area contributed by atoms with Crippen LogP contribution in [0, 0.1) is 0 Å². The molecule has 0 amide bonds. The number of Topliss-reactive ketones (excluding diaryl/α,β-unsaturated/α-hetero) is 1. The van der Waals surface area contributed by atoms with Crippen LogP contribution in [0.3, 0.4) is 0 Å². The van der Waals surface area contributed by atoms with E-state index in [4.69, 9.17) is 15.3 Å². The first-order valence-electron chi connectivity index (χ1n) is 4.99. The number of aliphatic hydroxyl groups is 2. The van der Waals surface area contributed by atoms with Crippen molar-refractivity contribution in [3.63, 3.8) is 0 Å². The molecule has 0 aliphatic carbocycles. The number of rotatable bonds is 4. The van der Waals surface area contributed by atoms with Gasteiger partial charge < -0.3 is 15.3 Å². The number of carbonyl (C=O) groups excluding carboxylic acids is 1. The number of hydrogen-bond donors (Lipinski definition) is 3. The van der Waals surface area contributed by atoms with Gasteiger partial charge in [0.25, 0.3) is 0 Å². The van der Waals surface area contributed by atoms with Crippen LogP contribution in [-0.2, 0) is 9.59 Å². The van der Waals surface area contributed by atoms with Gasteiger partial charge in [0.1, 0.15) is 5.78 Å². The Balaban J connectivity index is 0. The van der Waals surface area contributed by atoms with Gasteiger partial charge in [0, 0.05) is 6.42 Å². The quantitative estimate of drug-likeness (QED) is 0.673. The van der Waals surface area contributed by atoms with Gasteiger partial charge in [0.2, 0.25) is 0 Å². The molecule has 0 bridgehead atoms. The molecule has 0 aromatic rings. The maximum atomic E-state index is 10.3. The van der Waals surface area contributed by atoms with Gasteiger partial charge >= 0.3 is 5.97 Å². The molecule has 5 nitrogen and oxygen atoms in total. The number of aliphatic carboxylic acids is 1. The van der Waals surface area contributed by atoms with Gasteiger partial charge in [-0.25, -0.2) is 0 Å². The van der Waals surface area contributed by atoms with E-state index in [0.717, 1.165) is 0 Å². The first-order valence-corrected chi connectivity index (χ1v) is 4.99. The smallest absolute Gasteiger partial charge is 0.306 e. The van der Waals surface area contributed by atoms with Crippen molar-refractivity contribution in [1.29, 1.82) is 0 Å². The number of carboxylic acids is 1. The molecule has 0 atom stereocenters. The molecule has 0 spiro atoms. The number of carboxylic acid groups (broad SMARTS) is 1. The molecule has 0 aliphatic rings. The Hall–Kier alpha value is -0.940. The van der Waals surface area contributed by atoms with Gasteiger partial charge in [-0.05, 0) is 34.6 Å². The molecule has 0 fully saturated rings. The van der Waals surface area contributed by atoms with E-state index >= 15 is 0 Å². The van der Waals surface area contributed by atoms with Crippen molar-refractivity contribution in [3.05, 3.63) is 0 Å². The lowest BCUT2D eigenvalue weighted by Crippen LogP contribution is -2.22. The molecule has 16 heavy (non-hydrogen) atoms. The first kappa shape index (κ1) is 17.5. The van der Waals surface area contributed by atoms with Crippen LogP contribution >= 0.6 is 0 Å². The second kappa shape index (κ2) is 6.60. The van der Waals surface area contributed by atoms with Gasteiger partial charge in [0.05, 0.1) is 17.6 Å². The number of hydrogen-bond acceptors (Lipinski definition) is 4. The lowest BCUT2D eigenvalue weighted by atomic mass is 10.0. The molecule has 0 aliphatic heterocycles. The summed E-state index contributed by atoms with van der Waals surface area (Å²) in [5.41, 5.74) is -1.91. The Labute approximate surface area is 96.1 Å². The van der Waals surface area contributed by atoms with Gasteiger partial charge in [-0.1, -0.05) is 0 Å². The molecule has 0 unspecified atom stereocenters. The van der Waals surface area contributed by atoms with Crippen molar-refractivity contribution in [2.24, 2.45) is 0 Å². The highest BCUT2D eigenvalue weighted by atomic mass is 16.4. The van der Waals surface area contributed by atoms with Crippen LogP contribution < -0.4 is 0 Å². The summed E-state index contributed by atoms with van der Waals surface area (Å²) in [6.07, 6.45) is 0.0417. The predicted molar refractivity (Wildman–Crippen MR) is 60.1 cm³/mol. The summed E-state index contributed by atoms with van der Waals surface area (Å²) >= 11 is 0. The Kier molecular flexibility index (Phi) is 7.20. The molecular weight excluding hydrogens is 212 g/mol. The molecule has 0 radical (unpaired) electrons. The fourth-order valence-corrected chi connectivity index (χ4v) is 0.979. The minimum atomic E-state index is -1.08. The van der Waals surface area contributed by atoms with Crippen molar-refractivity contribution in [2.75, 3.05) is 0 Å². The Morgan fingerprint density at radius 2 is 1.25 bits per heavy atom. The molecule has 96 valence electrons. The summed E-state index contributed by atoms with van der Waals surface area (Å²) in [4.78, 5) is 20.2. The highest BCUT2D eigenvalue weighted by molar-refractivity contribution is 5.76. The summed E-state index contributed by atoms with van der Waals surface area (Å²) < 4.78 is 0. The third-order valence-electron chi connectivity index (χ3n) is 1.27. The van der Waals surface area contributed by atoms with Gasteiger partial charge in [-0.2, -0.15) is 0 Å². The van der Waals surface area contributed by atoms with E-state index in [-0.39, 0.29) is 18.6 Å². The van der Waals surface area contributed by atoms with E-state index < -0.39 is 17.2 Å². The van der Waals surface area contributed by atoms with E-state index in [0.29, 0.717) is 0 Å². The molecular formula is C11H22O5. The number of ketones is 1. The van der Waals surface area contributed by atoms with Gasteiger partial charge in [0.15, 0.2) is 0 Å². The summed E-state index contributed by atoms with van der Waals surface area (Å²) in [5, 5.41) is 25.9. The van der Waals surface area contributed by atoms with Crippen LogP contribution in [0.1, 0.15) is 47.5 Å². The Morgan fingerprint density at radius 3 is 1.25 bits per heavy atom. The van der Waals surface area contributed by atoms with Crippen LogP contribution in [0.2, 0.25) is 0 Å². The Morgan fingerprint density at radius 1 is 0.938 bits per heavy atom. The van der Waals surface area contributed by atoms with Crippen LogP contribution in [0.5, 0.6) is 0 Å². The van der Waals surface area contributed by atoms with Crippen LogP contribution in [0.4, 0.5) is 0 Å². The van der Waals surface area contributed by atoms with E-state index in [1.165, 1.54) is 20.8 Å². The van der Waals surface area contributed by atoms with Crippen molar-refractivity contribution >= 4 is 11.8 Å². The van der Waals surface area contributed by atoms with Crippen molar-refractivity contribution in [2.45, 2.75) is 58.7 Å². The van der Waals surface area contributed by atoms with E-state index in [1.54, 1.807) is 13.8 Å². The minimum absolute atomic E-state index is 0.0255. The zero-order chi connectivity index (χ0) is 13.6. The third-order valence-corrected chi connectivity index (χ3v) is 1.27. The maximum Gasteiger partial charge on any atom is 0.306 e. The second-order valence-corrected chi connectivity index (χ2v) is 5.07. The molecule has 3 N–H and O–H groups in total. The molecule has 0 aromatic carbocycles. The molecule has 0 heterocycles. The van der Waals surface area contributed by atoms with E-state index in [2.05, 4.69) is 0 Å². The van der Waals surface area contributed by atoms with Crippen molar-refractivity contribution in [1.82, 2.24) is 0 Å². The zero-order valence-corrected chi connectivity index (χ0v) is 10.6. The van der Waals surface area contributed by atoms with Crippen molar-refractivity contribution < 1.29 is 24.9 Å². The fraction of sp³-hybridized carbons (Fsp3) is 0.818. The lowest BCUT2D eigenvalue weighted by Gasteiger charge is -2.13. The third kappa shape index (κ3) is 23.1. The minimum Gasteiger partial charge on any atom is -0.481 e. The van der Waals surface area contributed by atoms with E-state index in [1.807, 2.05) is 0 Å². The largest absolute Gasteiger partial charge is 0.481 e. The summed E-state index contributed by atoms with van der Waals surface area (Å²) in [6, 6.07) is 0. The fourth-order valence-electron chi connectivity index (χ4n) is 0.979. The maximum absolute atomic E-state index is 10.3. The van der Waals surface area contributed by atoms with Crippen LogP contribution in [0.25, 0.3) is 0 Å². The molecule has 0 rings (SSSR count). The summed E-state index contributed by atoms with van der Waals surface area (Å²) in [7, 11) is 0. The topological polar surface area (TPSA) is 94.8 Å². The van der Waals surface area contributed by atoms with E-state index in [9.17, 15) is 9.59 Å². The average molecular weight is 234 g/mol. The van der Waals surface area contributed by atoms with Crippen LogP contribution in [0.15, 0.2) is 0 Å². The van der Waals surface area contributed by atoms with Gasteiger partial charge in [-0.15, -0.1) is 0 Å².